The molecule has 2 fully saturated rings. The molecule has 0 aromatic heterocycles. The van der Waals surface area contributed by atoms with Crippen LogP contribution in [-0.4, -0.2) is 30.7 Å². The summed E-state index contributed by atoms with van der Waals surface area (Å²) in [5.41, 5.74) is 5.92. The van der Waals surface area contributed by atoms with Gasteiger partial charge in [0.1, 0.15) is 0 Å². The highest BCUT2D eigenvalue weighted by atomic mass is 16.5. The molecule has 0 radical (unpaired) electrons. The summed E-state index contributed by atoms with van der Waals surface area (Å²) in [6.45, 7) is 1.48. The van der Waals surface area contributed by atoms with E-state index < -0.39 is 0 Å². The summed E-state index contributed by atoms with van der Waals surface area (Å²) in [5.74, 6) is 0.0832. The van der Waals surface area contributed by atoms with Gasteiger partial charge in [0, 0.05) is 25.1 Å². The van der Waals surface area contributed by atoms with Crippen molar-refractivity contribution in [1.82, 2.24) is 5.32 Å². The summed E-state index contributed by atoms with van der Waals surface area (Å²) in [4.78, 5) is 11.7. The molecule has 1 saturated heterocycles. The van der Waals surface area contributed by atoms with Crippen LogP contribution in [0.5, 0.6) is 0 Å². The lowest BCUT2D eigenvalue weighted by Gasteiger charge is -2.23. The normalized spacial score (nSPS) is 28.2. The van der Waals surface area contributed by atoms with Crippen molar-refractivity contribution in [2.75, 3.05) is 13.2 Å². The summed E-state index contributed by atoms with van der Waals surface area (Å²) in [5, 5.41) is 2.93. The molecule has 1 amide bonds. The molecule has 1 atom stereocenters. The van der Waals surface area contributed by atoms with Crippen LogP contribution in [0, 0.1) is 0 Å². The fraction of sp³-hybridized carbons (Fsp3) is 0.917. The highest BCUT2D eigenvalue weighted by Crippen LogP contribution is 2.29. The number of rotatable bonds is 4. The third-order valence-corrected chi connectivity index (χ3v) is 3.66. The van der Waals surface area contributed by atoms with E-state index in [0.717, 1.165) is 45.1 Å². The summed E-state index contributed by atoms with van der Waals surface area (Å²) >= 11 is 0. The van der Waals surface area contributed by atoms with Crippen LogP contribution in [0.2, 0.25) is 0 Å². The van der Waals surface area contributed by atoms with Gasteiger partial charge in [-0.05, 0) is 25.7 Å². The largest absolute Gasteiger partial charge is 0.376 e. The number of hydrogen-bond donors (Lipinski definition) is 2. The van der Waals surface area contributed by atoms with Gasteiger partial charge in [-0.1, -0.05) is 12.8 Å². The molecule has 4 nitrogen and oxygen atoms in total. The first kappa shape index (κ1) is 11.9. The second kappa shape index (κ2) is 5.15. The number of ether oxygens (including phenoxy) is 1. The minimum Gasteiger partial charge on any atom is -0.376 e. The van der Waals surface area contributed by atoms with Crippen LogP contribution in [0.3, 0.4) is 0 Å². The monoisotopic (exact) mass is 226 g/mol. The minimum absolute atomic E-state index is 0.0832. The SMILES string of the molecule is NC1(CC(=O)NCC2CCCO2)CCCC1. The van der Waals surface area contributed by atoms with E-state index in [2.05, 4.69) is 5.32 Å². The highest BCUT2D eigenvalue weighted by Gasteiger charge is 2.31. The Morgan fingerprint density at radius 2 is 2.12 bits per heavy atom. The number of nitrogens with two attached hydrogens (primary N) is 1. The van der Waals surface area contributed by atoms with Gasteiger partial charge in [-0.15, -0.1) is 0 Å². The van der Waals surface area contributed by atoms with Gasteiger partial charge in [0.05, 0.1) is 6.10 Å². The molecule has 1 unspecified atom stereocenters. The third-order valence-electron chi connectivity index (χ3n) is 3.66. The van der Waals surface area contributed by atoms with Crippen LogP contribution in [-0.2, 0) is 9.53 Å². The van der Waals surface area contributed by atoms with E-state index in [-0.39, 0.29) is 17.6 Å². The van der Waals surface area contributed by atoms with Crippen molar-refractivity contribution in [3.63, 3.8) is 0 Å². The molecular weight excluding hydrogens is 204 g/mol. The molecule has 0 spiro atoms. The van der Waals surface area contributed by atoms with E-state index in [1.54, 1.807) is 0 Å². The van der Waals surface area contributed by atoms with E-state index in [4.69, 9.17) is 10.5 Å². The van der Waals surface area contributed by atoms with Crippen molar-refractivity contribution in [2.24, 2.45) is 5.73 Å². The average Bonchev–Trinajstić information content (AvgIpc) is 2.86. The Morgan fingerprint density at radius 1 is 1.38 bits per heavy atom. The van der Waals surface area contributed by atoms with Gasteiger partial charge in [-0.2, -0.15) is 0 Å². The first-order valence-electron chi connectivity index (χ1n) is 6.35. The molecule has 1 aliphatic heterocycles. The van der Waals surface area contributed by atoms with E-state index in [0.29, 0.717) is 13.0 Å². The van der Waals surface area contributed by atoms with Gasteiger partial charge >= 0.3 is 0 Å². The van der Waals surface area contributed by atoms with E-state index in [1.165, 1.54) is 0 Å². The molecule has 0 bridgehead atoms. The Labute approximate surface area is 96.9 Å². The van der Waals surface area contributed by atoms with E-state index >= 15 is 0 Å². The van der Waals surface area contributed by atoms with Gasteiger partial charge < -0.3 is 15.8 Å². The fourth-order valence-electron chi connectivity index (χ4n) is 2.67. The summed E-state index contributed by atoms with van der Waals surface area (Å²) < 4.78 is 5.45. The topological polar surface area (TPSA) is 64.4 Å². The Balaban J connectivity index is 1.67. The smallest absolute Gasteiger partial charge is 0.221 e. The third kappa shape index (κ3) is 3.19. The molecule has 0 aromatic rings. The first-order valence-corrected chi connectivity index (χ1v) is 6.35. The number of amides is 1. The number of hydrogen-bond acceptors (Lipinski definition) is 3. The van der Waals surface area contributed by atoms with Crippen molar-refractivity contribution in [3.8, 4) is 0 Å². The molecule has 3 N–H and O–H groups in total. The zero-order chi connectivity index (χ0) is 11.4. The Hall–Kier alpha value is -0.610. The maximum atomic E-state index is 11.7. The van der Waals surface area contributed by atoms with Crippen molar-refractivity contribution < 1.29 is 9.53 Å². The molecule has 0 aromatic carbocycles. The molecule has 2 rings (SSSR count). The van der Waals surface area contributed by atoms with Crippen molar-refractivity contribution in [1.29, 1.82) is 0 Å². The van der Waals surface area contributed by atoms with E-state index in [1.807, 2.05) is 0 Å². The van der Waals surface area contributed by atoms with Crippen molar-refractivity contribution in [2.45, 2.75) is 56.6 Å². The summed E-state index contributed by atoms with van der Waals surface area (Å²) in [6.07, 6.45) is 7.17. The molecule has 4 heteroatoms. The summed E-state index contributed by atoms with van der Waals surface area (Å²) in [6, 6.07) is 0. The first-order chi connectivity index (χ1) is 7.68. The average molecular weight is 226 g/mol. The fourth-order valence-corrected chi connectivity index (χ4v) is 2.67. The predicted octanol–water partition coefficient (Wildman–Crippen LogP) is 0.943. The van der Waals surface area contributed by atoms with Crippen molar-refractivity contribution >= 4 is 5.91 Å². The molecule has 1 saturated carbocycles. The van der Waals surface area contributed by atoms with Gasteiger partial charge in [0.2, 0.25) is 5.91 Å². The molecule has 1 aliphatic carbocycles. The van der Waals surface area contributed by atoms with Crippen LogP contribution >= 0.6 is 0 Å². The van der Waals surface area contributed by atoms with Crippen molar-refractivity contribution in [3.05, 3.63) is 0 Å². The molecule has 2 aliphatic rings. The highest BCUT2D eigenvalue weighted by molar-refractivity contribution is 5.77. The Kier molecular flexibility index (Phi) is 3.82. The van der Waals surface area contributed by atoms with Crippen LogP contribution < -0.4 is 11.1 Å². The number of nitrogens with one attached hydrogen (secondary N) is 1. The molecule has 1 heterocycles. The standard InChI is InChI=1S/C12H22N2O2/c13-12(5-1-2-6-12)8-11(15)14-9-10-4-3-7-16-10/h10H,1-9,13H2,(H,14,15). The Morgan fingerprint density at radius 3 is 2.75 bits per heavy atom. The second-order valence-corrected chi connectivity index (χ2v) is 5.19. The number of carbonyl (C=O) groups excluding carboxylic acids is 1. The van der Waals surface area contributed by atoms with Crippen LogP contribution in [0.25, 0.3) is 0 Å². The van der Waals surface area contributed by atoms with Gasteiger partial charge in [-0.3, -0.25) is 4.79 Å². The molecule has 92 valence electrons. The zero-order valence-corrected chi connectivity index (χ0v) is 9.84. The minimum atomic E-state index is -0.235. The molecule has 16 heavy (non-hydrogen) atoms. The maximum absolute atomic E-state index is 11.7. The lowest BCUT2D eigenvalue weighted by molar-refractivity contribution is -0.122. The predicted molar refractivity (Wildman–Crippen MR) is 62.0 cm³/mol. The Bertz CT molecular complexity index is 243. The second-order valence-electron chi connectivity index (χ2n) is 5.19. The summed E-state index contributed by atoms with van der Waals surface area (Å²) in [7, 11) is 0. The lowest BCUT2D eigenvalue weighted by Crippen LogP contribution is -2.43. The van der Waals surface area contributed by atoms with E-state index in [9.17, 15) is 4.79 Å². The van der Waals surface area contributed by atoms with Gasteiger partial charge in [0.15, 0.2) is 0 Å². The quantitative estimate of drug-likeness (QED) is 0.750. The zero-order valence-electron chi connectivity index (χ0n) is 9.84. The van der Waals surface area contributed by atoms with Crippen LogP contribution in [0.1, 0.15) is 44.9 Å². The van der Waals surface area contributed by atoms with Gasteiger partial charge in [-0.25, -0.2) is 0 Å². The maximum Gasteiger partial charge on any atom is 0.221 e. The van der Waals surface area contributed by atoms with Crippen LogP contribution in [0.4, 0.5) is 0 Å². The van der Waals surface area contributed by atoms with Gasteiger partial charge in [0.25, 0.3) is 0 Å². The number of carbonyl (C=O) groups is 1. The molecular formula is C12H22N2O2. The lowest BCUT2D eigenvalue weighted by atomic mass is 9.94. The van der Waals surface area contributed by atoms with Crippen LogP contribution in [0.15, 0.2) is 0 Å².